The van der Waals surface area contributed by atoms with E-state index in [0.29, 0.717) is 22.7 Å². The second-order valence-electron chi connectivity index (χ2n) is 3.95. The van der Waals surface area contributed by atoms with Crippen LogP contribution in [0.15, 0.2) is 45.4 Å². The van der Waals surface area contributed by atoms with Crippen molar-refractivity contribution in [1.29, 1.82) is 0 Å². The summed E-state index contributed by atoms with van der Waals surface area (Å²) in [5, 5.41) is 7.97. The van der Waals surface area contributed by atoms with Crippen LogP contribution in [0.1, 0.15) is 5.82 Å². The smallest absolute Gasteiger partial charge is 0.277 e. The molecule has 0 aliphatic rings. The zero-order valence-electron chi connectivity index (χ0n) is 10.1. The first-order valence-electron chi connectivity index (χ1n) is 5.66. The predicted octanol–water partition coefficient (Wildman–Crippen LogP) is 2.37. The van der Waals surface area contributed by atoms with Crippen molar-refractivity contribution in [3.05, 3.63) is 46.5 Å². The molecule has 0 saturated carbocycles. The van der Waals surface area contributed by atoms with Gasteiger partial charge in [0, 0.05) is 0 Å². The van der Waals surface area contributed by atoms with Gasteiger partial charge in [0.2, 0.25) is 5.95 Å². The molecule has 0 atom stereocenters. The normalized spacial score (nSPS) is 11.4. The van der Waals surface area contributed by atoms with Crippen molar-refractivity contribution in [2.45, 2.75) is 6.92 Å². The van der Waals surface area contributed by atoms with Gasteiger partial charge >= 0.3 is 0 Å². The number of fused-ring (bicyclic) bond motifs is 1. The van der Waals surface area contributed by atoms with E-state index in [1.54, 1.807) is 6.92 Å². The Hall–Kier alpha value is -2.83. The van der Waals surface area contributed by atoms with Crippen molar-refractivity contribution in [1.82, 2.24) is 19.9 Å². The summed E-state index contributed by atoms with van der Waals surface area (Å²) in [6, 6.07) is 9.26. The van der Waals surface area contributed by atoms with Crippen LogP contribution in [0.4, 0.5) is 11.6 Å². The number of hydrogen-bond donors (Lipinski definition) is 2. The fourth-order valence-corrected chi connectivity index (χ4v) is 1.65. The zero-order valence-corrected chi connectivity index (χ0v) is 10.1. The van der Waals surface area contributed by atoms with Crippen LogP contribution in [0, 0.1) is 6.92 Å². The Balaban J connectivity index is 2.01. The maximum absolute atomic E-state index is 11.6. The summed E-state index contributed by atoms with van der Waals surface area (Å²) in [5.41, 5.74) is 1.08. The van der Waals surface area contributed by atoms with Crippen molar-refractivity contribution in [3.63, 3.8) is 0 Å². The Labute approximate surface area is 107 Å². The lowest BCUT2D eigenvalue weighted by Gasteiger charge is -1.88. The molecule has 0 bridgehead atoms. The molecular weight excluding hydrogens is 244 g/mol. The Bertz CT molecular complexity index is 802. The van der Waals surface area contributed by atoms with Crippen LogP contribution < -0.4 is 5.56 Å². The number of hydrogen-bond acceptors (Lipinski definition) is 5. The van der Waals surface area contributed by atoms with E-state index < -0.39 is 0 Å². The van der Waals surface area contributed by atoms with Gasteiger partial charge < -0.3 is 9.97 Å². The quantitative estimate of drug-likeness (QED) is 0.686. The Morgan fingerprint density at radius 2 is 1.84 bits per heavy atom. The second-order valence-corrected chi connectivity index (χ2v) is 3.95. The number of aryl methyl sites for hydroxylation is 1. The van der Waals surface area contributed by atoms with Gasteiger partial charge in [-0.1, -0.05) is 18.2 Å². The van der Waals surface area contributed by atoms with E-state index in [9.17, 15) is 4.79 Å². The average Bonchev–Trinajstić information content (AvgIpc) is 2.81. The number of nitrogens with one attached hydrogen (secondary N) is 2. The molecule has 3 aromatic rings. The first-order chi connectivity index (χ1) is 9.22. The molecule has 7 nitrogen and oxygen atoms in total. The van der Waals surface area contributed by atoms with Crippen molar-refractivity contribution in [3.8, 4) is 0 Å². The molecule has 0 unspecified atom stereocenters. The van der Waals surface area contributed by atoms with Crippen LogP contribution in [0.5, 0.6) is 0 Å². The van der Waals surface area contributed by atoms with E-state index in [-0.39, 0.29) is 11.5 Å². The largest absolute Gasteiger partial charge is 0.315 e. The molecule has 2 heterocycles. The summed E-state index contributed by atoms with van der Waals surface area (Å²) in [7, 11) is 0. The highest BCUT2D eigenvalue weighted by molar-refractivity contribution is 5.71. The molecule has 1 aromatic carbocycles. The molecule has 19 heavy (non-hydrogen) atoms. The van der Waals surface area contributed by atoms with E-state index in [4.69, 9.17) is 0 Å². The Morgan fingerprint density at radius 3 is 2.63 bits per heavy atom. The van der Waals surface area contributed by atoms with Gasteiger partial charge in [0.05, 0.1) is 5.69 Å². The minimum atomic E-state index is -0.267. The first kappa shape index (κ1) is 11.3. The predicted molar refractivity (Wildman–Crippen MR) is 69.9 cm³/mol. The van der Waals surface area contributed by atoms with Crippen molar-refractivity contribution in [2.24, 2.45) is 10.2 Å². The number of rotatable bonds is 2. The van der Waals surface area contributed by atoms with Crippen LogP contribution in [0.3, 0.4) is 0 Å². The van der Waals surface area contributed by atoms with Crippen LogP contribution in [0.25, 0.3) is 11.2 Å². The fourth-order valence-electron chi connectivity index (χ4n) is 1.65. The summed E-state index contributed by atoms with van der Waals surface area (Å²) >= 11 is 0. The maximum atomic E-state index is 11.6. The Kier molecular flexibility index (Phi) is 2.64. The molecule has 0 aliphatic heterocycles. The summed E-state index contributed by atoms with van der Waals surface area (Å²) in [6.45, 7) is 1.70. The van der Waals surface area contributed by atoms with Crippen molar-refractivity contribution < 1.29 is 0 Å². The third-order valence-corrected chi connectivity index (χ3v) is 2.48. The van der Waals surface area contributed by atoms with Gasteiger partial charge in [-0.05, 0) is 19.1 Å². The molecule has 0 fully saturated rings. The molecule has 3 rings (SSSR count). The maximum Gasteiger partial charge on any atom is 0.277 e. The molecule has 0 spiro atoms. The van der Waals surface area contributed by atoms with Gasteiger partial charge in [0.25, 0.3) is 5.56 Å². The topological polar surface area (TPSA) is 99.1 Å². The summed E-state index contributed by atoms with van der Waals surface area (Å²) in [5.74, 6) is 0.762. The molecular formula is C12H10N6O. The lowest BCUT2D eigenvalue weighted by molar-refractivity contribution is 1.05. The molecule has 0 saturated heterocycles. The number of H-pyrrole nitrogens is 2. The number of azo groups is 1. The summed E-state index contributed by atoms with van der Waals surface area (Å²) in [6.07, 6.45) is 0. The number of aromatic nitrogens is 4. The Morgan fingerprint density at radius 1 is 1.05 bits per heavy atom. The van der Waals surface area contributed by atoms with E-state index in [1.807, 2.05) is 30.3 Å². The van der Waals surface area contributed by atoms with Crippen LogP contribution >= 0.6 is 0 Å². The third kappa shape index (κ3) is 2.25. The summed E-state index contributed by atoms with van der Waals surface area (Å²) < 4.78 is 0. The van der Waals surface area contributed by atoms with Gasteiger partial charge in [-0.2, -0.15) is 4.98 Å². The SMILES string of the molecule is Cc1nc2nc(N=Nc3ccccc3)[nH]c2c(=O)[nH]1. The molecule has 0 aliphatic carbocycles. The fraction of sp³-hybridized carbons (Fsp3) is 0.0833. The van der Waals surface area contributed by atoms with Gasteiger partial charge in [0.1, 0.15) is 5.82 Å². The third-order valence-electron chi connectivity index (χ3n) is 2.48. The van der Waals surface area contributed by atoms with E-state index in [1.165, 1.54) is 0 Å². The van der Waals surface area contributed by atoms with Gasteiger partial charge in [-0.25, -0.2) is 4.98 Å². The van der Waals surface area contributed by atoms with Crippen LogP contribution in [-0.2, 0) is 0 Å². The standard InChI is InChI=1S/C12H10N6O/c1-7-13-10-9(11(19)14-7)15-12(16-10)18-17-8-5-3-2-4-6-8/h2-6H,1H3,(H2,13,14,15,16,19). The highest BCUT2D eigenvalue weighted by Gasteiger charge is 2.07. The lowest BCUT2D eigenvalue weighted by Crippen LogP contribution is -2.09. The van der Waals surface area contributed by atoms with E-state index in [0.717, 1.165) is 0 Å². The monoisotopic (exact) mass is 254 g/mol. The molecule has 7 heteroatoms. The van der Waals surface area contributed by atoms with Gasteiger partial charge in [-0.3, -0.25) is 4.79 Å². The minimum Gasteiger partial charge on any atom is -0.315 e. The van der Waals surface area contributed by atoms with Crippen LogP contribution in [0.2, 0.25) is 0 Å². The molecule has 2 aromatic heterocycles. The van der Waals surface area contributed by atoms with Crippen LogP contribution in [-0.4, -0.2) is 19.9 Å². The minimum absolute atomic E-state index is 0.252. The number of benzene rings is 1. The van der Waals surface area contributed by atoms with Crippen molar-refractivity contribution in [2.75, 3.05) is 0 Å². The number of imidazole rings is 1. The average molecular weight is 254 g/mol. The number of aromatic amines is 2. The van der Waals surface area contributed by atoms with Gasteiger partial charge in [0.15, 0.2) is 11.2 Å². The van der Waals surface area contributed by atoms with Crippen molar-refractivity contribution >= 4 is 22.8 Å². The molecule has 0 radical (unpaired) electrons. The van der Waals surface area contributed by atoms with Gasteiger partial charge in [-0.15, -0.1) is 10.2 Å². The number of nitrogens with zero attached hydrogens (tertiary/aromatic N) is 4. The van der Waals surface area contributed by atoms with E-state index >= 15 is 0 Å². The highest BCUT2D eigenvalue weighted by Crippen LogP contribution is 2.16. The molecule has 94 valence electrons. The second kappa shape index (κ2) is 4.45. The molecule has 0 amide bonds. The summed E-state index contributed by atoms with van der Waals surface area (Å²) in [4.78, 5) is 25.2. The zero-order chi connectivity index (χ0) is 13.2. The first-order valence-corrected chi connectivity index (χ1v) is 5.66. The highest BCUT2D eigenvalue weighted by atomic mass is 16.1. The van der Waals surface area contributed by atoms with E-state index in [2.05, 4.69) is 30.2 Å². The lowest BCUT2D eigenvalue weighted by atomic mass is 10.3. The molecule has 2 N–H and O–H groups in total.